The number of benzene rings is 1. The summed E-state index contributed by atoms with van der Waals surface area (Å²) in [6.45, 7) is 2.02. The summed E-state index contributed by atoms with van der Waals surface area (Å²) in [4.78, 5) is 11.5. The fourth-order valence-corrected chi connectivity index (χ4v) is 2.18. The van der Waals surface area contributed by atoms with Crippen LogP contribution in [-0.4, -0.2) is 5.78 Å². The molecule has 0 fully saturated rings. The Balaban J connectivity index is 2.71. The van der Waals surface area contributed by atoms with Crippen molar-refractivity contribution in [3.05, 3.63) is 33.3 Å². The lowest BCUT2D eigenvalue weighted by Crippen LogP contribution is -1.92. The molecule has 0 N–H and O–H groups in total. The van der Waals surface area contributed by atoms with Gasteiger partial charge in [0.1, 0.15) is 0 Å². The van der Waals surface area contributed by atoms with E-state index in [4.69, 9.17) is 23.2 Å². The molecule has 3 heteroatoms. The Morgan fingerprint density at radius 1 is 1.38 bits per heavy atom. The Morgan fingerprint density at radius 3 is 2.77 bits per heavy atom. The van der Waals surface area contributed by atoms with Gasteiger partial charge in [0.2, 0.25) is 0 Å². The van der Waals surface area contributed by atoms with Gasteiger partial charge in [-0.2, -0.15) is 0 Å². The van der Waals surface area contributed by atoms with Crippen LogP contribution in [0.2, 0.25) is 10.0 Å². The summed E-state index contributed by atoms with van der Waals surface area (Å²) in [5.74, 6) is 0.382. The second-order valence-electron chi connectivity index (χ2n) is 3.35. The van der Waals surface area contributed by atoms with E-state index >= 15 is 0 Å². The van der Waals surface area contributed by atoms with E-state index in [2.05, 4.69) is 0 Å². The molecule has 68 valence electrons. The minimum atomic E-state index is 0.106. The number of hydrogen-bond donors (Lipinski definition) is 0. The van der Waals surface area contributed by atoms with Crippen molar-refractivity contribution in [1.29, 1.82) is 0 Å². The van der Waals surface area contributed by atoms with Crippen LogP contribution in [0.3, 0.4) is 0 Å². The van der Waals surface area contributed by atoms with Gasteiger partial charge in [0.25, 0.3) is 0 Å². The summed E-state index contributed by atoms with van der Waals surface area (Å²) < 4.78 is 0. The van der Waals surface area contributed by atoms with E-state index in [-0.39, 0.29) is 11.7 Å². The summed E-state index contributed by atoms with van der Waals surface area (Å²) in [5.41, 5.74) is 1.65. The van der Waals surface area contributed by atoms with Crippen LogP contribution >= 0.6 is 23.2 Å². The lowest BCUT2D eigenvalue weighted by Gasteiger charge is -2.04. The first-order valence-electron chi connectivity index (χ1n) is 4.12. The molecular weight excluding hydrogens is 207 g/mol. The molecule has 1 aliphatic carbocycles. The molecule has 1 aromatic carbocycles. The Labute approximate surface area is 86.7 Å². The van der Waals surface area contributed by atoms with Crippen LogP contribution in [0.1, 0.15) is 35.2 Å². The standard InChI is InChI=1S/C10H8Cl2O/c1-5-4-8(13)9-6(5)2-3-7(11)10(9)12/h2-3,5H,4H2,1H3. The first kappa shape index (κ1) is 9.04. The molecule has 13 heavy (non-hydrogen) atoms. The number of rotatable bonds is 0. The highest BCUT2D eigenvalue weighted by Crippen LogP contribution is 2.39. The van der Waals surface area contributed by atoms with Crippen LogP contribution < -0.4 is 0 Å². The van der Waals surface area contributed by atoms with Gasteiger partial charge < -0.3 is 0 Å². The van der Waals surface area contributed by atoms with Crippen LogP contribution in [0, 0.1) is 0 Å². The third-order valence-corrected chi connectivity index (χ3v) is 3.23. The zero-order valence-electron chi connectivity index (χ0n) is 7.10. The third kappa shape index (κ3) is 1.27. The number of halogens is 2. The molecule has 1 nitrogen and oxygen atoms in total. The van der Waals surface area contributed by atoms with Crippen molar-refractivity contribution in [2.75, 3.05) is 0 Å². The van der Waals surface area contributed by atoms with Crippen LogP contribution in [0.5, 0.6) is 0 Å². The molecule has 0 aromatic heterocycles. The van der Waals surface area contributed by atoms with Crippen LogP contribution in [-0.2, 0) is 0 Å². The Hall–Kier alpha value is -0.530. The van der Waals surface area contributed by atoms with Gasteiger partial charge in [-0.05, 0) is 17.5 Å². The molecule has 0 radical (unpaired) electrons. The van der Waals surface area contributed by atoms with E-state index in [0.29, 0.717) is 22.0 Å². The molecule has 2 rings (SSSR count). The lowest BCUT2D eigenvalue weighted by molar-refractivity contribution is 0.0990. The quantitative estimate of drug-likeness (QED) is 0.645. The largest absolute Gasteiger partial charge is 0.294 e. The van der Waals surface area contributed by atoms with Gasteiger partial charge in [-0.1, -0.05) is 36.2 Å². The van der Waals surface area contributed by atoms with Crippen LogP contribution in [0.25, 0.3) is 0 Å². The zero-order chi connectivity index (χ0) is 9.59. The van der Waals surface area contributed by atoms with Gasteiger partial charge in [0, 0.05) is 12.0 Å². The van der Waals surface area contributed by atoms with Crippen molar-refractivity contribution in [3.63, 3.8) is 0 Å². The van der Waals surface area contributed by atoms with Gasteiger partial charge in [-0.3, -0.25) is 4.79 Å². The van der Waals surface area contributed by atoms with Crippen molar-refractivity contribution in [2.24, 2.45) is 0 Å². The Bertz CT molecular complexity index is 385. The highest BCUT2D eigenvalue weighted by molar-refractivity contribution is 6.44. The smallest absolute Gasteiger partial charge is 0.165 e. The van der Waals surface area contributed by atoms with E-state index < -0.39 is 0 Å². The van der Waals surface area contributed by atoms with Crippen molar-refractivity contribution < 1.29 is 4.79 Å². The van der Waals surface area contributed by atoms with Crippen molar-refractivity contribution >= 4 is 29.0 Å². The predicted octanol–water partition coefficient (Wildman–Crippen LogP) is 3.68. The SMILES string of the molecule is CC1CC(=O)c2c1ccc(Cl)c2Cl. The van der Waals surface area contributed by atoms with E-state index in [1.807, 2.05) is 13.0 Å². The maximum atomic E-state index is 11.5. The number of ketones is 1. The molecule has 1 atom stereocenters. The van der Waals surface area contributed by atoms with Crippen LogP contribution in [0.4, 0.5) is 0 Å². The molecule has 0 saturated heterocycles. The fraction of sp³-hybridized carbons (Fsp3) is 0.300. The molecule has 0 amide bonds. The fourth-order valence-electron chi connectivity index (χ4n) is 1.75. The minimum absolute atomic E-state index is 0.106. The topological polar surface area (TPSA) is 17.1 Å². The van der Waals surface area contributed by atoms with Crippen molar-refractivity contribution in [3.8, 4) is 0 Å². The first-order valence-corrected chi connectivity index (χ1v) is 4.88. The van der Waals surface area contributed by atoms with Crippen molar-refractivity contribution in [2.45, 2.75) is 19.3 Å². The highest BCUT2D eigenvalue weighted by atomic mass is 35.5. The summed E-state index contributed by atoms with van der Waals surface area (Å²) in [5, 5.41) is 0.872. The first-order chi connectivity index (χ1) is 6.11. The lowest BCUT2D eigenvalue weighted by atomic mass is 10.0. The van der Waals surface area contributed by atoms with E-state index in [1.165, 1.54) is 0 Å². The molecule has 1 aromatic rings. The molecule has 1 unspecified atom stereocenters. The molecule has 0 heterocycles. The summed E-state index contributed by atoms with van der Waals surface area (Å²) in [7, 11) is 0. The van der Waals surface area contributed by atoms with Gasteiger partial charge in [0.15, 0.2) is 5.78 Å². The minimum Gasteiger partial charge on any atom is -0.294 e. The average molecular weight is 215 g/mol. The predicted molar refractivity (Wildman–Crippen MR) is 53.8 cm³/mol. The number of fused-ring (bicyclic) bond motifs is 1. The third-order valence-electron chi connectivity index (χ3n) is 2.43. The summed E-state index contributed by atoms with van der Waals surface area (Å²) in [6.07, 6.45) is 0.551. The number of Topliss-reactive ketones (excluding diaryl/α,β-unsaturated/α-hetero) is 1. The van der Waals surface area contributed by atoms with Crippen molar-refractivity contribution in [1.82, 2.24) is 0 Å². The Kier molecular flexibility index (Phi) is 2.09. The van der Waals surface area contributed by atoms with E-state index in [9.17, 15) is 4.79 Å². The summed E-state index contributed by atoms with van der Waals surface area (Å²) >= 11 is 11.8. The maximum absolute atomic E-state index is 11.5. The number of carbonyl (C=O) groups is 1. The second kappa shape index (κ2) is 3.00. The highest BCUT2D eigenvalue weighted by Gasteiger charge is 2.29. The normalized spacial score (nSPS) is 20.5. The monoisotopic (exact) mass is 214 g/mol. The second-order valence-corrected chi connectivity index (χ2v) is 4.14. The van der Waals surface area contributed by atoms with Crippen LogP contribution in [0.15, 0.2) is 12.1 Å². The average Bonchev–Trinajstić information content (AvgIpc) is 2.35. The maximum Gasteiger partial charge on any atom is 0.165 e. The van der Waals surface area contributed by atoms with E-state index in [0.717, 1.165) is 5.56 Å². The molecule has 0 spiro atoms. The van der Waals surface area contributed by atoms with Gasteiger partial charge in [-0.15, -0.1) is 0 Å². The van der Waals surface area contributed by atoms with Gasteiger partial charge in [-0.25, -0.2) is 0 Å². The molecule has 1 aliphatic rings. The van der Waals surface area contributed by atoms with E-state index in [1.54, 1.807) is 6.07 Å². The summed E-state index contributed by atoms with van der Waals surface area (Å²) in [6, 6.07) is 3.64. The molecular formula is C10H8Cl2O. The van der Waals surface area contributed by atoms with Gasteiger partial charge >= 0.3 is 0 Å². The number of hydrogen-bond acceptors (Lipinski definition) is 1. The van der Waals surface area contributed by atoms with Gasteiger partial charge in [0.05, 0.1) is 10.0 Å². The zero-order valence-corrected chi connectivity index (χ0v) is 8.62. The Morgan fingerprint density at radius 2 is 2.08 bits per heavy atom. The molecule has 0 bridgehead atoms. The molecule has 0 aliphatic heterocycles. The number of carbonyl (C=O) groups excluding carboxylic acids is 1. The molecule has 0 saturated carbocycles.